The van der Waals surface area contributed by atoms with Gasteiger partial charge in [-0.25, -0.2) is 4.63 Å². The summed E-state index contributed by atoms with van der Waals surface area (Å²) in [5.41, 5.74) is -0.238. The fourth-order valence-corrected chi connectivity index (χ4v) is 2.55. The van der Waals surface area contributed by atoms with Crippen molar-refractivity contribution in [2.75, 3.05) is 11.9 Å². The highest BCUT2D eigenvalue weighted by atomic mass is 16.6. The van der Waals surface area contributed by atoms with Crippen molar-refractivity contribution in [3.8, 4) is 0 Å². The molecular formula is C12H14N4O8. The molecule has 1 saturated heterocycles. The number of anilines is 1. The summed E-state index contributed by atoms with van der Waals surface area (Å²) >= 11 is 0. The van der Waals surface area contributed by atoms with Crippen LogP contribution in [0.2, 0.25) is 0 Å². The van der Waals surface area contributed by atoms with Crippen LogP contribution in [0.5, 0.6) is 0 Å². The molecule has 24 heavy (non-hydrogen) atoms. The summed E-state index contributed by atoms with van der Waals surface area (Å²) in [7, 11) is 0. The Morgan fingerprint density at radius 2 is 1.92 bits per heavy atom. The topological polar surface area (TPSA) is 184 Å². The minimum absolute atomic E-state index is 0.0161. The summed E-state index contributed by atoms with van der Waals surface area (Å²) in [6.07, 6.45) is -5.61. The quantitative estimate of drug-likeness (QED) is 0.316. The molecule has 3 rings (SSSR count). The first-order valence-electron chi connectivity index (χ1n) is 6.90. The Morgan fingerprint density at radius 3 is 2.58 bits per heavy atom. The lowest BCUT2D eigenvalue weighted by molar-refractivity contribution is -0.383. The van der Waals surface area contributed by atoms with Crippen molar-refractivity contribution >= 4 is 22.4 Å². The van der Waals surface area contributed by atoms with E-state index in [1.165, 1.54) is 6.07 Å². The number of nitrogens with zero attached hydrogens (tertiary/aromatic N) is 3. The Balaban J connectivity index is 1.91. The number of nitro groups is 1. The van der Waals surface area contributed by atoms with E-state index in [1.54, 1.807) is 0 Å². The molecule has 2 heterocycles. The molecular weight excluding hydrogens is 328 g/mol. The van der Waals surface area contributed by atoms with Gasteiger partial charge in [0.15, 0.2) is 11.8 Å². The van der Waals surface area contributed by atoms with Gasteiger partial charge in [-0.3, -0.25) is 10.1 Å². The van der Waals surface area contributed by atoms with Gasteiger partial charge in [-0.2, -0.15) is 0 Å². The standard InChI is InChI=1S/C12H14N4O8/c17-3-6-10(18)11(19)9(12(20)23-6)13-4-1-2-5(16(21)22)8-7(4)14-24-15-8/h1-2,6,9-13,17-20H,3H2/t6-,9+,10+,11-,12-/m1/s1. The third-order valence-corrected chi connectivity index (χ3v) is 3.81. The van der Waals surface area contributed by atoms with Gasteiger partial charge in [0.05, 0.1) is 17.2 Å². The second-order valence-electron chi connectivity index (χ2n) is 5.25. The summed E-state index contributed by atoms with van der Waals surface area (Å²) in [6.45, 7) is -0.586. The van der Waals surface area contributed by atoms with Gasteiger partial charge in [0.25, 0.3) is 0 Å². The normalized spacial score (nSPS) is 30.4. The van der Waals surface area contributed by atoms with Crippen LogP contribution in [0.4, 0.5) is 11.4 Å². The number of benzene rings is 1. The molecule has 2 aromatic rings. The average Bonchev–Trinajstić information content (AvgIpc) is 3.04. The van der Waals surface area contributed by atoms with Crippen LogP contribution in [0.25, 0.3) is 11.0 Å². The van der Waals surface area contributed by atoms with E-state index >= 15 is 0 Å². The monoisotopic (exact) mass is 342 g/mol. The van der Waals surface area contributed by atoms with Crippen molar-refractivity contribution in [2.45, 2.75) is 30.6 Å². The summed E-state index contributed by atoms with van der Waals surface area (Å²) in [4.78, 5) is 10.3. The van der Waals surface area contributed by atoms with Crippen LogP contribution in [0.15, 0.2) is 16.8 Å². The average molecular weight is 342 g/mol. The smallest absolute Gasteiger partial charge is 0.300 e. The minimum Gasteiger partial charge on any atom is -0.394 e. The van der Waals surface area contributed by atoms with Crippen LogP contribution in [0, 0.1) is 10.1 Å². The SMILES string of the molecule is O=[N+]([O-])c1ccc(N[C@H]2[C@@H](O)[C@@H](O)[C@@H](CO)O[C@H]2O)c2nonc12. The van der Waals surface area contributed by atoms with E-state index < -0.39 is 42.2 Å². The zero-order valence-corrected chi connectivity index (χ0v) is 12.0. The number of fused-ring (bicyclic) bond motifs is 1. The minimum atomic E-state index is -1.55. The van der Waals surface area contributed by atoms with E-state index in [2.05, 4.69) is 20.3 Å². The summed E-state index contributed by atoms with van der Waals surface area (Å²) in [5.74, 6) is 0. The number of non-ortho nitro benzene ring substituents is 1. The summed E-state index contributed by atoms with van der Waals surface area (Å²) < 4.78 is 9.54. The lowest BCUT2D eigenvalue weighted by Crippen LogP contribution is -2.61. The Morgan fingerprint density at radius 1 is 1.21 bits per heavy atom. The molecule has 0 amide bonds. The lowest BCUT2D eigenvalue weighted by atomic mass is 9.96. The summed E-state index contributed by atoms with van der Waals surface area (Å²) in [5, 5.41) is 59.7. The number of ether oxygens (including phenoxy) is 1. The van der Waals surface area contributed by atoms with Crippen LogP contribution in [-0.2, 0) is 4.74 Å². The maximum Gasteiger partial charge on any atom is 0.300 e. The Labute approximate surface area is 133 Å². The predicted octanol–water partition coefficient (Wildman–Crippen LogP) is -1.66. The van der Waals surface area contributed by atoms with Crippen molar-refractivity contribution < 1.29 is 34.7 Å². The molecule has 0 aliphatic carbocycles. The van der Waals surface area contributed by atoms with Gasteiger partial charge in [-0.05, 0) is 16.4 Å². The van der Waals surface area contributed by atoms with Crippen LogP contribution in [-0.4, -0.2) is 72.9 Å². The fraction of sp³-hybridized carbons (Fsp3) is 0.500. The van der Waals surface area contributed by atoms with Gasteiger partial charge < -0.3 is 30.5 Å². The van der Waals surface area contributed by atoms with Gasteiger partial charge >= 0.3 is 5.69 Å². The van der Waals surface area contributed by atoms with Crippen molar-refractivity contribution in [1.29, 1.82) is 0 Å². The number of aliphatic hydroxyl groups is 4. The number of nitrogens with one attached hydrogen (secondary N) is 1. The third-order valence-electron chi connectivity index (χ3n) is 3.81. The molecule has 130 valence electrons. The fourth-order valence-electron chi connectivity index (χ4n) is 2.55. The van der Waals surface area contributed by atoms with E-state index in [1.807, 2.05) is 0 Å². The van der Waals surface area contributed by atoms with Crippen molar-refractivity contribution in [3.05, 3.63) is 22.2 Å². The van der Waals surface area contributed by atoms with Crippen LogP contribution in [0.1, 0.15) is 0 Å². The third kappa shape index (κ3) is 2.65. The largest absolute Gasteiger partial charge is 0.394 e. The maximum absolute atomic E-state index is 10.9. The van der Waals surface area contributed by atoms with E-state index in [9.17, 15) is 25.4 Å². The molecule has 0 bridgehead atoms. The van der Waals surface area contributed by atoms with Crippen molar-refractivity contribution in [1.82, 2.24) is 10.3 Å². The number of aromatic nitrogens is 2. The maximum atomic E-state index is 10.9. The molecule has 1 aromatic carbocycles. The molecule has 1 fully saturated rings. The highest BCUT2D eigenvalue weighted by Gasteiger charge is 2.44. The van der Waals surface area contributed by atoms with Gasteiger partial charge in [0.1, 0.15) is 24.4 Å². The zero-order valence-electron chi connectivity index (χ0n) is 12.0. The van der Waals surface area contributed by atoms with E-state index in [4.69, 9.17) is 9.84 Å². The highest BCUT2D eigenvalue weighted by Crippen LogP contribution is 2.31. The zero-order chi connectivity index (χ0) is 17.4. The van der Waals surface area contributed by atoms with E-state index in [-0.39, 0.29) is 22.4 Å². The van der Waals surface area contributed by atoms with Crippen LogP contribution < -0.4 is 5.32 Å². The second-order valence-corrected chi connectivity index (χ2v) is 5.25. The molecule has 0 spiro atoms. The lowest BCUT2D eigenvalue weighted by Gasteiger charge is -2.40. The molecule has 12 nitrogen and oxygen atoms in total. The molecule has 5 atom stereocenters. The van der Waals surface area contributed by atoms with Crippen LogP contribution >= 0.6 is 0 Å². The number of nitro benzene ring substituents is 1. The van der Waals surface area contributed by atoms with Crippen molar-refractivity contribution in [2.24, 2.45) is 0 Å². The number of rotatable bonds is 4. The predicted molar refractivity (Wildman–Crippen MR) is 75.8 cm³/mol. The first-order chi connectivity index (χ1) is 11.4. The molecule has 5 N–H and O–H groups in total. The molecule has 12 heteroatoms. The molecule has 0 unspecified atom stereocenters. The first-order valence-corrected chi connectivity index (χ1v) is 6.90. The molecule has 1 aliphatic rings. The molecule has 1 aromatic heterocycles. The highest BCUT2D eigenvalue weighted by molar-refractivity contribution is 5.93. The molecule has 0 radical (unpaired) electrons. The Kier molecular flexibility index (Phi) is 4.29. The first kappa shape index (κ1) is 16.5. The summed E-state index contributed by atoms with van der Waals surface area (Å²) in [6, 6.07) is 1.28. The Hall–Kier alpha value is -2.38. The second kappa shape index (κ2) is 6.26. The van der Waals surface area contributed by atoms with Crippen molar-refractivity contribution in [3.63, 3.8) is 0 Å². The number of hydrogen-bond donors (Lipinski definition) is 5. The number of hydrogen-bond acceptors (Lipinski definition) is 11. The molecule has 1 aliphatic heterocycles. The van der Waals surface area contributed by atoms with Gasteiger partial charge in [0.2, 0.25) is 5.52 Å². The van der Waals surface area contributed by atoms with E-state index in [0.29, 0.717) is 0 Å². The Bertz CT molecular complexity index is 752. The molecule has 0 saturated carbocycles. The van der Waals surface area contributed by atoms with E-state index in [0.717, 1.165) is 6.07 Å². The van der Waals surface area contributed by atoms with Gasteiger partial charge in [-0.15, -0.1) is 0 Å². The number of aliphatic hydroxyl groups excluding tert-OH is 4. The van der Waals surface area contributed by atoms with Gasteiger partial charge in [-0.1, -0.05) is 0 Å². The van der Waals surface area contributed by atoms with Crippen LogP contribution in [0.3, 0.4) is 0 Å². The van der Waals surface area contributed by atoms with Gasteiger partial charge in [0, 0.05) is 6.07 Å².